The minimum atomic E-state index is -0.176. The number of imidazole rings is 1. The Hall–Kier alpha value is -1.56. The van der Waals surface area contributed by atoms with Crippen molar-refractivity contribution in [3.05, 3.63) is 12.4 Å². The van der Waals surface area contributed by atoms with Gasteiger partial charge in [-0.3, -0.25) is 4.79 Å². The number of nitrogens with zero attached hydrogens (tertiary/aromatic N) is 3. The van der Waals surface area contributed by atoms with Crippen LogP contribution in [-0.4, -0.2) is 47.7 Å². The molecule has 1 aromatic rings. The minimum Gasteiger partial charge on any atom is -0.355 e. The minimum absolute atomic E-state index is 0.0581. The zero-order chi connectivity index (χ0) is 12.3. The Labute approximate surface area is 101 Å². The summed E-state index contributed by atoms with van der Waals surface area (Å²) in [7, 11) is 1.94. The number of piperazine rings is 1. The highest BCUT2D eigenvalue weighted by atomic mass is 16.2. The lowest BCUT2D eigenvalue weighted by molar-refractivity contribution is -0.122. The van der Waals surface area contributed by atoms with Crippen LogP contribution < -0.4 is 15.5 Å². The van der Waals surface area contributed by atoms with Crippen molar-refractivity contribution >= 4 is 11.9 Å². The van der Waals surface area contributed by atoms with Gasteiger partial charge in [0.1, 0.15) is 6.04 Å². The first kappa shape index (κ1) is 11.9. The van der Waals surface area contributed by atoms with Crippen LogP contribution in [0.15, 0.2) is 12.4 Å². The molecule has 1 saturated heterocycles. The van der Waals surface area contributed by atoms with Crippen LogP contribution in [0.4, 0.5) is 5.95 Å². The normalized spacial score (nSPS) is 20.4. The summed E-state index contributed by atoms with van der Waals surface area (Å²) in [5.74, 6) is 0.908. The van der Waals surface area contributed by atoms with Crippen LogP contribution in [0.1, 0.15) is 6.92 Å². The Morgan fingerprint density at radius 3 is 3.18 bits per heavy atom. The first-order chi connectivity index (χ1) is 8.24. The van der Waals surface area contributed by atoms with E-state index in [1.807, 2.05) is 24.7 Å². The van der Waals surface area contributed by atoms with E-state index in [2.05, 4.69) is 20.5 Å². The van der Waals surface area contributed by atoms with Crippen molar-refractivity contribution in [3.63, 3.8) is 0 Å². The number of aromatic nitrogens is 2. The number of hydrogen-bond donors (Lipinski definition) is 2. The summed E-state index contributed by atoms with van der Waals surface area (Å²) in [6, 6.07) is -0.176. The van der Waals surface area contributed by atoms with Crippen LogP contribution in [0.2, 0.25) is 0 Å². The fourth-order valence-electron chi connectivity index (χ4n) is 2.10. The first-order valence-corrected chi connectivity index (χ1v) is 5.96. The summed E-state index contributed by atoms with van der Waals surface area (Å²) in [6.07, 6.45) is 3.65. The van der Waals surface area contributed by atoms with Gasteiger partial charge in [-0.2, -0.15) is 0 Å². The van der Waals surface area contributed by atoms with Gasteiger partial charge >= 0.3 is 0 Å². The van der Waals surface area contributed by atoms with E-state index < -0.39 is 0 Å². The van der Waals surface area contributed by atoms with Crippen molar-refractivity contribution in [1.29, 1.82) is 0 Å². The van der Waals surface area contributed by atoms with Crippen molar-refractivity contribution in [2.45, 2.75) is 13.0 Å². The molecule has 1 atom stereocenters. The Bertz CT molecular complexity index is 389. The van der Waals surface area contributed by atoms with Crippen LogP contribution in [0.3, 0.4) is 0 Å². The predicted octanol–water partition coefficient (Wildman–Crippen LogP) is -0.666. The smallest absolute Gasteiger partial charge is 0.244 e. The number of nitrogens with one attached hydrogen (secondary N) is 2. The fraction of sp³-hybridized carbons (Fsp3) is 0.636. The SMILES string of the molecule is CCNC(=O)C1CNCCN1c1nccn1C. The lowest BCUT2D eigenvalue weighted by Crippen LogP contribution is -2.58. The second-order valence-corrected chi connectivity index (χ2v) is 4.15. The fourth-order valence-corrected chi connectivity index (χ4v) is 2.10. The van der Waals surface area contributed by atoms with Gasteiger partial charge in [-0.05, 0) is 6.92 Å². The standard InChI is InChI=1S/C11H19N5O/c1-3-13-10(17)9-8-12-4-7-16(9)11-14-5-6-15(11)2/h5-6,9,12H,3-4,7-8H2,1-2H3,(H,13,17). The highest BCUT2D eigenvalue weighted by Gasteiger charge is 2.30. The van der Waals surface area contributed by atoms with Gasteiger partial charge in [0.15, 0.2) is 0 Å². The average molecular weight is 237 g/mol. The quantitative estimate of drug-likeness (QED) is 0.732. The van der Waals surface area contributed by atoms with E-state index in [0.717, 1.165) is 19.0 Å². The monoisotopic (exact) mass is 237 g/mol. The zero-order valence-corrected chi connectivity index (χ0v) is 10.3. The molecular formula is C11H19N5O. The molecule has 0 spiro atoms. The molecular weight excluding hydrogens is 218 g/mol. The van der Waals surface area contributed by atoms with Gasteiger partial charge in [0.2, 0.25) is 11.9 Å². The number of likely N-dealkylation sites (N-methyl/N-ethyl adjacent to an activating group) is 1. The molecule has 1 unspecified atom stereocenters. The second kappa shape index (κ2) is 5.18. The third-order valence-electron chi connectivity index (χ3n) is 2.95. The average Bonchev–Trinajstić information content (AvgIpc) is 2.76. The van der Waals surface area contributed by atoms with E-state index in [4.69, 9.17) is 0 Å². The third-order valence-corrected chi connectivity index (χ3v) is 2.95. The van der Waals surface area contributed by atoms with E-state index in [0.29, 0.717) is 13.1 Å². The number of carbonyl (C=O) groups excluding carboxylic acids is 1. The zero-order valence-electron chi connectivity index (χ0n) is 10.3. The number of carbonyl (C=O) groups is 1. The van der Waals surface area contributed by atoms with E-state index >= 15 is 0 Å². The maximum atomic E-state index is 12.0. The second-order valence-electron chi connectivity index (χ2n) is 4.15. The largest absolute Gasteiger partial charge is 0.355 e. The van der Waals surface area contributed by atoms with Gasteiger partial charge in [-0.25, -0.2) is 4.98 Å². The van der Waals surface area contributed by atoms with Crippen molar-refractivity contribution in [1.82, 2.24) is 20.2 Å². The van der Waals surface area contributed by atoms with Gasteiger partial charge < -0.3 is 20.1 Å². The predicted molar refractivity (Wildman–Crippen MR) is 65.9 cm³/mol. The third kappa shape index (κ3) is 2.41. The molecule has 1 amide bonds. The topological polar surface area (TPSA) is 62.2 Å². The number of anilines is 1. The molecule has 0 radical (unpaired) electrons. The molecule has 1 aliphatic heterocycles. The molecule has 17 heavy (non-hydrogen) atoms. The molecule has 6 heteroatoms. The van der Waals surface area contributed by atoms with Crippen LogP contribution in [0.25, 0.3) is 0 Å². The summed E-state index contributed by atoms with van der Waals surface area (Å²) in [4.78, 5) is 18.4. The van der Waals surface area contributed by atoms with E-state index in [-0.39, 0.29) is 11.9 Å². The van der Waals surface area contributed by atoms with Crippen molar-refractivity contribution in [3.8, 4) is 0 Å². The van der Waals surface area contributed by atoms with Gasteiger partial charge in [-0.1, -0.05) is 0 Å². The molecule has 1 aliphatic rings. The lowest BCUT2D eigenvalue weighted by Gasteiger charge is -2.35. The van der Waals surface area contributed by atoms with Crippen LogP contribution in [-0.2, 0) is 11.8 Å². The molecule has 1 fully saturated rings. The summed E-state index contributed by atoms with van der Waals surface area (Å²) >= 11 is 0. The highest BCUT2D eigenvalue weighted by molar-refractivity contribution is 5.85. The van der Waals surface area contributed by atoms with Crippen LogP contribution >= 0.6 is 0 Å². The van der Waals surface area contributed by atoms with Crippen LogP contribution in [0, 0.1) is 0 Å². The molecule has 0 aromatic carbocycles. The molecule has 0 bridgehead atoms. The summed E-state index contributed by atoms with van der Waals surface area (Å²) in [6.45, 7) is 4.93. The molecule has 94 valence electrons. The molecule has 2 rings (SSSR count). The Morgan fingerprint density at radius 1 is 1.71 bits per heavy atom. The van der Waals surface area contributed by atoms with Crippen LogP contribution in [0.5, 0.6) is 0 Å². The maximum Gasteiger partial charge on any atom is 0.244 e. The Morgan fingerprint density at radius 2 is 2.53 bits per heavy atom. The summed E-state index contributed by atoms with van der Waals surface area (Å²) in [5.41, 5.74) is 0. The molecule has 0 saturated carbocycles. The number of rotatable bonds is 3. The summed E-state index contributed by atoms with van der Waals surface area (Å²) in [5, 5.41) is 6.11. The molecule has 1 aromatic heterocycles. The Balaban J connectivity index is 2.18. The Kier molecular flexibility index (Phi) is 3.63. The van der Waals surface area contributed by atoms with E-state index in [1.54, 1.807) is 6.20 Å². The highest BCUT2D eigenvalue weighted by Crippen LogP contribution is 2.15. The molecule has 6 nitrogen and oxygen atoms in total. The van der Waals surface area contributed by atoms with E-state index in [1.165, 1.54) is 0 Å². The molecule has 2 heterocycles. The maximum absolute atomic E-state index is 12.0. The first-order valence-electron chi connectivity index (χ1n) is 5.96. The van der Waals surface area contributed by atoms with Gasteiger partial charge in [0.25, 0.3) is 0 Å². The summed E-state index contributed by atoms with van der Waals surface area (Å²) < 4.78 is 1.94. The van der Waals surface area contributed by atoms with Gasteiger partial charge in [-0.15, -0.1) is 0 Å². The van der Waals surface area contributed by atoms with Gasteiger partial charge in [0.05, 0.1) is 0 Å². The lowest BCUT2D eigenvalue weighted by atomic mass is 10.2. The van der Waals surface area contributed by atoms with E-state index in [9.17, 15) is 4.79 Å². The van der Waals surface area contributed by atoms with Crippen molar-refractivity contribution in [2.75, 3.05) is 31.1 Å². The molecule has 0 aliphatic carbocycles. The molecule has 2 N–H and O–H groups in total. The van der Waals surface area contributed by atoms with Crippen molar-refractivity contribution in [2.24, 2.45) is 7.05 Å². The number of aryl methyl sites for hydroxylation is 1. The van der Waals surface area contributed by atoms with Gasteiger partial charge in [0, 0.05) is 45.6 Å². The number of hydrogen-bond acceptors (Lipinski definition) is 4. The number of amides is 1. The van der Waals surface area contributed by atoms with Crippen molar-refractivity contribution < 1.29 is 4.79 Å².